The average molecular weight is 593 g/mol. The lowest BCUT2D eigenvalue weighted by Crippen LogP contribution is -2.67. The van der Waals surface area contributed by atoms with Crippen LogP contribution in [0.25, 0.3) is 34.4 Å². The van der Waals surface area contributed by atoms with Crippen molar-refractivity contribution in [2.75, 3.05) is 0 Å². The maximum Gasteiger partial charge on any atom is 0.140 e. The Morgan fingerprint density at radius 1 is 0.378 bits per heavy atom. The fourth-order valence-electron chi connectivity index (χ4n) is 8.48. The van der Waals surface area contributed by atoms with Crippen molar-refractivity contribution in [1.29, 1.82) is 0 Å². The van der Waals surface area contributed by atoms with Crippen LogP contribution < -0.4 is 10.4 Å². The number of hydrogen-bond acceptors (Lipinski definition) is 0. The van der Waals surface area contributed by atoms with Crippen LogP contribution in [-0.2, 0) is 0 Å². The zero-order valence-electron chi connectivity index (χ0n) is 25.8. The van der Waals surface area contributed by atoms with Crippen LogP contribution in [0.15, 0.2) is 169 Å². The molecule has 6 aromatic carbocycles. The minimum Gasteiger partial charge on any atom is -0.0672 e. The van der Waals surface area contributed by atoms with Gasteiger partial charge in [-0.15, -0.1) is 0 Å². The van der Waals surface area contributed by atoms with Crippen LogP contribution in [0.1, 0.15) is 47.2 Å². The molecule has 2 aliphatic rings. The van der Waals surface area contributed by atoms with Crippen LogP contribution in [-0.4, -0.2) is 8.07 Å². The number of fused-ring (bicyclic) bond motifs is 2. The Hall–Kier alpha value is -4.98. The molecule has 8 rings (SSSR count). The van der Waals surface area contributed by atoms with E-state index in [0.29, 0.717) is 0 Å². The molecular weight excluding hydrogens is 557 g/mol. The zero-order valence-corrected chi connectivity index (χ0v) is 26.8. The van der Waals surface area contributed by atoms with Gasteiger partial charge in [-0.05, 0) is 58.4 Å². The molecule has 0 bridgehead atoms. The van der Waals surface area contributed by atoms with Crippen molar-refractivity contribution >= 4 is 30.6 Å². The van der Waals surface area contributed by atoms with Gasteiger partial charge < -0.3 is 0 Å². The van der Waals surface area contributed by atoms with Gasteiger partial charge in [-0.1, -0.05) is 191 Å². The van der Waals surface area contributed by atoms with Crippen LogP contribution in [0.3, 0.4) is 0 Å². The molecule has 0 saturated carbocycles. The highest BCUT2D eigenvalue weighted by Crippen LogP contribution is 2.54. The van der Waals surface area contributed by atoms with Crippen molar-refractivity contribution < 1.29 is 0 Å². The van der Waals surface area contributed by atoms with Gasteiger partial charge in [0.1, 0.15) is 8.07 Å². The van der Waals surface area contributed by atoms with Crippen molar-refractivity contribution in [2.45, 2.75) is 24.9 Å². The fraction of sp³-hybridized carbons (Fsp3) is 0.0909. The fourth-order valence-corrected chi connectivity index (χ4v) is 15.1. The van der Waals surface area contributed by atoms with Crippen molar-refractivity contribution in [3.63, 3.8) is 0 Å². The third-order valence-electron chi connectivity index (χ3n) is 10.1. The Balaban J connectivity index is 1.45. The third-order valence-corrected chi connectivity index (χ3v) is 16.1. The summed E-state index contributed by atoms with van der Waals surface area (Å²) in [5.74, 6) is 0. The summed E-state index contributed by atoms with van der Waals surface area (Å²) in [6.07, 6.45) is 5.01. The van der Waals surface area contributed by atoms with Crippen LogP contribution in [0, 0.1) is 0 Å². The molecule has 0 saturated heterocycles. The lowest BCUT2D eigenvalue weighted by Gasteiger charge is -2.45. The monoisotopic (exact) mass is 592 g/mol. The van der Waals surface area contributed by atoms with E-state index in [9.17, 15) is 0 Å². The topological polar surface area (TPSA) is 0 Å². The molecule has 6 aromatic rings. The van der Waals surface area contributed by atoms with Crippen LogP contribution in [0.2, 0.25) is 0 Å². The van der Waals surface area contributed by atoms with E-state index in [-0.39, 0.29) is 11.1 Å². The number of hydrogen-bond donors (Lipinski definition) is 0. The summed E-state index contributed by atoms with van der Waals surface area (Å²) in [4.78, 5) is 0. The summed E-state index contributed by atoms with van der Waals surface area (Å²) in [6, 6.07) is 58.9. The first-order valence-corrected chi connectivity index (χ1v) is 18.2. The zero-order chi connectivity index (χ0) is 30.4. The lowest BCUT2D eigenvalue weighted by atomic mass is 9.97. The van der Waals surface area contributed by atoms with Gasteiger partial charge in [0.15, 0.2) is 0 Å². The normalized spacial score (nSPS) is 16.9. The minimum absolute atomic E-state index is 0.278. The minimum atomic E-state index is -2.69. The van der Waals surface area contributed by atoms with Crippen LogP contribution in [0.4, 0.5) is 0 Å². The first-order chi connectivity index (χ1) is 22.2. The van der Waals surface area contributed by atoms with Crippen molar-refractivity contribution in [3.8, 4) is 22.3 Å². The summed E-state index contributed by atoms with van der Waals surface area (Å²) >= 11 is 0. The van der Waals surface area contributed by atoms with Crippen molar-refractivity contribution in [1.82, 2.24) is 0 Å². The number of rotatable bonds is 6. The molecule has 0 radical (unpaired) electrons. The van der Waals surface area contributed by atoms with Gasteiger partial charge in [-0.3, -0.25) is 0 Å². The van der Waals surface area contributed by atoms with Crippen LogP contribution in [0.5, 0.6) is 0 Å². The van der Waals surface area contributed by atoms with Gasteiger partial charge in [0.25, 0.3) is 0 Å². The van der Waals surface area contributed by atoms with E-state index >= 15 is 0 Å². The highest BCUT2D eigenvalue weighted by Gasteiger charge is 2.55. The predicted molar refractivity (Wildman–Crippen MR) is 194 cm³/mol. The molecule has 0 amide bonds. The molecule has 0 nitrogen and oxygen atoms in total. The van der Waals surface area contributed by atoms with E-state index in [2.05, 4.69) is 184 Å². The van der Waals surface area contributed by atoms with E-state index in [1.807, 2.05) is 0 Å². The molecule has 0 fully saturated rings. The van der Waals surface area contributed by atoms with Gasteiger partial charge in [-0.25, -0.2) is 0 Å². The van der Waals surface area contributed by atoms with Crippen molar-refractivity contribution in [2.24, 2.45) is 0 Å². The molecule has 216 valence electrons. The van der Waals surface area contributed by atoms with Crippen molar-refractivity contribution in [3.05, 3.63) is 191 Å². The predicted octanol–water partition coefficient (Wildman–Crippen LogP) is 10.1. The summed E-state index contributed by atoms with van der Waals surface area (Å²) in [7, 11) is -2.69. The van der Waals surface area contributed by atoms with E-state index in [0.717, 1.165) is 0 Å². The second kappa shape index (κ2) is 11.2. The first-order valence-electron chi connectivity index (χ1n) is 16.0. The van der Waals surface area contributed by atoms with E-state index < -0.39 is 8.07 Å². The molecule has 2 unspecified atom stereocenters. The quantitative estimate of drug-likeness (QED) is 0.169. The second-order valence-corrected chi connectivity index (χ2v) is 16.6. The SMILES string of the molecule is CC1=Cc2c(-c3ccccc3)cccc2C1[Si](c1ccccc1)(c1ccccc1)C1C(C)=Cc2c(-c3ccccc3)cccc21. The molecule has 0 spiro atoms. The van der Waals surface area contributed by atoms with E-state index in [4.69, 9.17) is 0 Å². The summed E-state index contributed by atoms with van der Waals surface area (Å²) in [5, 5.41) is 2.98. The lowest BCUT2D eigenvalue weighted by molar-refractivity contribution is 0.991. The molecule has 0 aliphatic heterocycles. The number of allylic oxidation sites excluding steroid dienone is 2. The maximum absolute atomic E-state index is 2.69. The summed E-state index contributed by atoms with van der Waals surface area (Å²) in [6.45, 7) is 4.78. The van der Waals surface area contributed by atoms with E-state index in [1.165, 1.54) is 66.0 Å². The van der Waals surface area contributed by atoms with Gasteiger partial charge >= 0.3 is 0 Å². The highest BCUT2D eigenvalue weighted by molar-refractivity contribution is 7.05. The Kier molecular flexibility index (Phi) is 6.85. The molecule has 0 heterocycles. The Labute approximate surface area is 268 Å². The van der Waals surface area contributed by atoms with E-state index in [1.54, 1.807) is 0 Å². The van der Waals surface area contributed by atoms with Gasteiger partial charge in [0, 0.05) is 11.1 Å². The Bertz CT molecular complexity index is 1900. The maximum atomic E-state index is 2.51. The van der Waals surface area contributed by atoms with Gasteiger partial charge in [0.05, 0.1) is 0 Å². The molecular formula is C44H36Si. The largest absolute Gasteiger partial charge is 0.140 e. The third kappa shape index (κ3) is 4.34. The second-order valence-electron chi connectivity index (χ2n) is 12.6. The van der Waals surface area contributed by atoms with Crippen LogP contribution >= 0.6 is 0 Å². The molecule has 2 atom stereocenters. The molecule has 0 aromatic heterocycles. The molecule has 0 N–H and O–H groups in total. The molecule has 1 heteroatoms. The van der Waals surface area contributed by atoms with Gasteiger partial charge in [-0.2, -0.15) is 0 Å². The Morgan fingerprint density at radius 2 is 0.733 bits per heavy atom. The standard InChI is InChI=1S/C44H36Si/c1-31-29-41-37(33-17-7-3-8-18-33)25-15-27-39(41)43(31)45(35-21-11-5-12-22-35,36-23-13-6-14-24-36)44-32(2)30-42-38(26-16-28-40(42)44)34-19-9-4-10-20-34/h3-30,43-44H,1-2H3. The van der Waals surface area contributed by atoms with Gasteiger partial charge in [0.2, 0.25) is 0 Å². The average Bonchev–Trinajstić information content (AvgIpc) is 3.63. The smallest absolute Gasteiger partial charge is 0.0672 e. The highest BCUT2D eigenvalue weighted by atomic mass is 28.3. The summed E-state index contributed by atoms with van der Waals surface area (Å²) < 4.78 is 0. The molecule has 45 heavy (non-hydrogen) atoms. The number of benzene rings is 6. The Morgan fingerprint density at radius 3 is 1.11 bits per heavy atom. The summed E-state index contributed by atoms with van der Waals surface area (Å²) in [5.41, 5.74) is 14.4. The molecule has 2 aliphatic carbocycles. The first kappa shape index (κ1) is 27.6.